The first-order valence-electron chi connectivity index (χ1n) is 5.88. The lowest BCUT2D eigenvalue weighted by Gasteiger charge is -2.13. The number of hydrogen-bond donors (Lipinski definition) is 2. The zero-order chi connectivity index (χ0) is 14.8. The number of benzene rings is 1. The monoisotopic (exact) mass is 375 g/mol. The van der Waals surface area contributed by atoms with E-state index in [0.717, 1.165) is 21.4 Å². The molecule has 1 aromatic heterocycles. The first kappa shape index (κ1) is 15.7. The topological polar surface area (TPSA) is 66.4 Å². The summed E-state index contributed by atoms with van der Waals surface area (Å²) in [6.07, 6.45) is 0. The molecule has 0 saturated heterocycles. The standard InChI is InChI=1S/C13H14BrNO3S2/c1-9(11-2-4-12(14)5-3-11)15-20(17,18)13-6-10(7-16)8-19-13/h2-6,8-9,15-16H,7H2,1H3. The van der Waals surface area contributed by atoms with Crippen LogP contribution in [0.15, 0.2) is 44.4 Å². The van der Waals surface area contributed by atoms with Crippen molar-refractivity contribution in [1.29, 1.82) is 0 Å². The van der Waals surface area contributed by atoms with Crippen molar-refractivity contribution < 1.29 is 13.5 Å². The molecule has 0 radical (unpaired) electrons. The Bertz CT molecular complexity index is 680. The van der Waals surface area contributed by atoms with Crippen LogP contribution in [-0.4, -0.2) is 13.5 Å². The summed E-state index contributed by atoms with van der Waals surface area (Å²) < 4.78 is 28.2. The molecule has 2 N–H and O–H groups in total. The zero-order valence-electron chi connectivity index (χ0n) is 10.7. The van der Waals surface area contributed by atoms with Gasteiger partial charge in [-0.15, -0.1) is 11.3 Å². The second-order valence-electron chi connectivity index (χ2n) is 4.33. The lowest BCUT2D eigenvalue weighted by Crippen LogP contribution is -2.26. The molecule has 20 heavy (non-hydrogen) atoms. The van der Waals surface area contributed by atoms with Crippen LogP contribution in [0.25, 0.3) is 0 Å². The minimum absolute atomic E-state index is 0.158. The first-order chi connectivity index (χ1) is 9.42. The molecule has 1 unspecified atom stereocenters. The van der Waals surface area contributed by atoms with Crippen LogP contribution in [0.5, 0.6) is 0 Å². The fourth-order valence-electron chi connectivity index (χ4n) is 1.69. The predicted octanol–water partition coefficient (Wildman–Crippen LogP) is 3.04. The lowest BCUT2D eigenvalue weighted by molar-refractivity contribution is 0.282. The van der Waals surface area contributed by atoms with E-state index in [0.29, 0.717) is 5.56 Å². The molecular weight excluding hydrogens is 362 g/mol. The summed E-state index contributed by atoms with van der Waals surface area (Å²) in [6.45, 7) is 1.63. The number of sulfonamides is 1. The highest BCUT2D eigenvalue weighted by atomic mass is 79.9. The maximum absolute atomic E-state index is 12.2. The molecule has 0 aliphatic heterocycles. The summed E-state index contributed by atoms with van der Waals surface area (Å²) >= 11 is 4.45. The molecule has 0 spiro atoms. The van der Waals surface area contributed by atoms with E-state index < -0.39 is 10.0 Å². The summed E-state index contributed by atoms with van der Waals surface area (Å²) in [5, 5.41) is 10.6. The Morgan fingerprint density at radius 2 is 2.00 bits per heavy atom. The molecule has 0 aliphatic carbocycles. The van der Waals surface area contributed by atoms with Crippen LogP contribution >= 0.6 is 27.3 Å². The number of thiophene rings is 1. The zero-order valence-corrected chi connectivity index (χ0v) is 13.9. The minimum atomic E-state index is -3.56. The van der Waals surface area contributed by atoms with Gasteiger partial charge in [0, 0.05) is 10.5 Å². The largest absolute Gasteiger partial charge is 0.392 e. The fraction of sp³-hybridized carbons (Fsp3) is 0.231. The molecule has 1 heterocycles. The van der Waals surface area contributed by atoms with E-state index in [1.54, 1.807) is 12.3 Å². The minimum Gasteiger partial charge on any atom is -0.392 e. The van der Waals surface area contributed by atoms with Crippen molar-refractivity contribution in [3.63, 3.8) is 0 Å². The maximum atomic E-state index is 12.2. The van der Waals surface area contributed by atoms with Gasteiger partial charge in [0.05, 0.1) is 6.61 Å². The van der Waals surface area contributed by atoms with Crippen molar-refractivity contribution in [2.45, 2.75) is 23.8 Å². The van der Waals surface area contributed by atoms with Gasteiger partial charge < -0.3 is 5.11 Å². The highest BCUT2D eigenvalue weighted by molar-refractivity contribution is 9.10. The van der Waals surface area contributed by atoms with Gasteiger partial charge in [0.2, 0.25) is 0 Å². The van der Waals surface area contributed by atoms with Crippen molar-refractivity contribution in [2.24, 2.45) is 0 Å². The van der Waals surface area contributed by atoms with Crippen LogP contribution < -0.4 is 4.72 Å². The Hall–Kier alpha value is -0.730. The molecular formula is C13H14BrNO3S2. The third-order valence-electron chi connectivity index (χ3n) is 2.78. The third kappa shape index (κ3) is 3.67. The van der Waals surface area contributed by atoms with Crippen LogP contribution in [0.4, 0.5) is 0 Å². The molecule has 0 saturated carbocycles. The van der Waals surface area contributed by atoms with E-state index in [1.807, 2.05) is 24.3 Å². The van der Waals surface area contributed by atoms with E-state index in [-0.39, 0.29) is 16.9 Å². The van der Waals surface area contributed by atoms with Crippen LogP contribution in [-0.2, 0) is 16.6 Å². The average molecular weight is 376 g/mol. The van der Waals surface area contributed by atoms with E-state index in [9.17, 15) is 8.42 Å². The van der Waals surface area contributed by atoms with Crippen molar-refractivity contribution in [2.75, 3.05) is 0 Å². The van der Waals surface area contributed by atoms with Crippen LogP contribution in [0.2, 0.25) is 0 Å². The average Bonchev–Trinajstić information content (AvgIpc) is 2.88. The predicted molar refractivity (Wildman–Crippen MR) is 83.1 cm³/mol. The Kier molecular flexibility index (Phi) is 4.98. The summed E-state index contributed by atoms with van der Waals surface area (Å²) in [5.74, 6) is 0. The smallest absolute Gasteiger partial charge is 0.250 e. The molecule has 0 aliphatic rings. The number of aliphatic hydroxyl groups excluding tert-OH is 1. The molecule has 1 aromatic carbocycles. The molecule has 108 valence electrons. The van der Waals surface area contributed by atoms with Gasteiger partial charge in [0.1, 0.15) is 4.21 Å². The molecule has 7 heteroatoms. The number of halogens is 1. The quantitative estimate of drug-likeness (QED) is 0.843. The highest BCUT2D eigenvalue weighted by Gasteiger charge is 2.20. The van der Waals surface area contributed by atoms with Crippen molar-refractivity contribution in [1.82, 2.24) is 4.72 Å². The Balaban J connectivity index is 2.17. The van der Waals surface area contributed by atoms with Crippen molar-refractivity contribution >= 4 is 37.3 Å². The van der Waals surface area contributed by atoms with Gasteiger partial charge in [0.15, 0.2) is 0 Å². The van der Waals surface area contributed by atoms with E-state index >= 15 is 0 Å². The van der Waals surface area contributed by atoms with Gasteiger partial charge in [0.25, 0.3) is 10.0 Å². The summed E-state index contributed by atoms with van der Waals surface area (Å²) in [5.41, 5.74) is 1.49. The second kappa shape index (κ2) is 6.36. The van der Waals surface area contributed by atoms with Crippen LogP contribution in [0.3, 0.4) is 0 Å². The van der Waals surface area contributed by atoms with Crippen molar-refractivity contribution in [3.8, 4) is 0 Å². The van der Waals surface area contributed by atoms with E-state index in [1.165, 1.54) is 6.07 Å². The number of rotatable bonds is 5. The second-order valence-corrected chi connectivity index (χ2v) is 8.09. The normalized spacial score (nSPS) is 13.3. The summed E-state index contributed by atoms with van der Waals surface area (Å²) in [7, 11) is -3.56. The SMILES string of the molecule is CC(NS(=O)(=O)c1cc(CO)cs1)c1ccc(Br)cc1. The third-order valence-corrected chi connectivity index (χ3v) is 6.34. The highest BCUT2D eigenvalue weighted by Crippen LogP contribution is 2.23. The number of aliphatic hydroxyl groups is 1. The van der Waals surface area contributed by atoms with Gasteiger partial charge >= 0.3 is 0 Å². The van der Waals surface area contributed by atoms with Gasteiger partial charge in [-0.25, -0.2) is 13.1 Å². The molecule has 1 atom stereocenters. The Morgan fingerprint density at radius 1 is 1.35 bits per heavy atom. The molecule has 4 nitrogen and oxygen atoms in total. The molecule has 2 rings (SSSR count). The number of hydrogen-bond acceptors (Lipinski definition) is 4. The van der Waals surface area contributed by atoms with Crippen LogP contribution in [0, 0.1) is 0 Å². The van der Waals surface area contributed by atoms with Crippen molar-refractivity contribution in [3.05, 3.63) is 51.3 Å². The maximum Gasteiger partial charge on any atom is 0.250 e. The fourth-order valence-corrected chi connectivity index (χ4v) is 4.40. The van der Waals surface area contributed by atoms with Gasteiger partial charge in [-0.2, -0.15) is 0 Å². The molecule has 0 bridgehead atoms. The number of nitrogens with one attached hydrogen (secondary N) is 1. The van der Waals surface area contributed by atoms with Gasteiger partial charge in [-0.05, 0) is 41.6 Å². The molecule has 0 amide bonds. The summed E-state index contributed by atoms with van der Waals surface area (Å²) in [6, 6.07) is 8.63. The Labute approximate surface area is 130 Å². The van der Waals surface area contributed by atoms with Gasteiger partial charge in [-0.1, -0.05) is 28.1 Å². The van der Waals surface area contributed by atoms with E-state index in [2.05, 4.69) is 20.7 Å². The van der Waals surface area contributed by atoms with Crippen LogP contribution in [0.1, 0.15) is 24.1 Å². The molecule has 2 aromatic rings. The molecule has 0 fully saturated rings. The summed E-state index contributed by atoms with van der Waals surface area (Å²) in [4.78, 5) is 0. The Morgan fingerprint density at radius 3 is 2.55 bits per heavy atom. The van der Waals surface area contributed by atoms with Gasteiger partial charge in [-0.3, -0.25) is 0 Å². The lowest BCUT2D eigenvalue weighted by atomic mass is 10.1. The first-order valence-corrected chi connectivity index (χ1v) is 9.04. The van der Waals surface area contributed by atoms with E-state index in [4.69, 9.17) is 5.11 Å².